The molecule has 7 nitrogen and oxygen atoms in total. The molecule has 4 N–H and O–H groups in total. The first-order valence-corrected chi connectivity index (χ1v) is 11.2. The Hall–Kier alpha value is -1.49. The van der Waals surface area contributed by atoms with Crippen LogP contribution in [-0.4, -0.2) is 59.9 Å². The molecule has 1 aromatic carbocycles. The normalized spacial score (nSPS) is 18.4. The second-order valence-corrected chi connectivity index (χ2v) is 9.32. The van der Waals surface area contributed by atoms with Crippen LogP contribution >= 0.6 is 35.7 Å². The number of guanidine groups is 1. The fraction of sp³-hybridized carbons (Fsp3) is 0.571. The summed E-state index contributed by atoms with van der Waals surface area (Å²) in [4.78, 5) is 29.6. The summed E-state index contributed by atoms with van der Waals surface area (Å²) in [6.45, 7) is 2.57. The maximum Gasteiger partial charge on any atom is 0.251 e. The third-order valence-electron chi connectivity index (χ3n) is 5.61. The third-order valence-corrected chi connectivity index (χ3v) is 7.15. The molecule has 30 heavy (non-hydrogen) atoms. The first kappa shape index (κ1) is 24.8. The number of nitrogens with two attached hydrogens (primary N) is 1. The Morgan fingerprint density at radius 2 is 1.87 bits per heavy atom. The zero-order chi connectivity index (χ0) is 20.7. The van der Waals surface area contributed by atoms with E-state index in [0.29, 0.717) is 16.9 Å². The van der Waals surface area contributed by atoms with Crippen molar-refractivity contribution in [2.75, 3.05) is 32.4 Å². The maximum atomic E-state index is 12.0. The number of halogens is 1. The van der Waals surface area contributed by atoms with Crippen LogP contribution in [0.3, 0.4) is 0 Å². The number of nitrogens with one attached hydrogen (secondary N) is 2. The van der Waals surface area contributed by atoms with Crippen LogP contribution in [-0.2, 0) is 11.3 Å². The molecule has 1 aromatic rings. The smallest absolute Gasteiger partial charge is 0.251 e. The summed E-state index contributed by atoms with van der Waals surface area (Å²) in [5.74, 6) is 1.23. The van der Waals surface area contributed by atoms with E-state index >= 15 is 0 Å². The van der Waals surface area contributed by atoms with Crippen molar-refractivity contribution in [2.45, 2.75) is 43.4 Å². The summed E-state index contributed by atoms with van der Waals surface area (Å²) in [6, 6.07) is 7.33. The van der Waals surface area contributed by atoms with E-state index in [1.54, 1.807) is 12.1 Å². The molecule has 2 fully saturated rings. The van der Waals surface area contributed by atoms with Gasteiger partial charge in [0.2, 0.25) is 5.91 Å². The molecular weight excluding hydrogens is 513 g/mol. The van der Waals surface area contributed by atoms with Crippen LogP contribution in [0.1, 0.15) is 48.0 Å². The van der Waals surface area contributed by atoms with Crippen molar-refractivity contribution < 1.29 is 9.59 Å². The Bertz CT molecular complexity index is 745. The molecule has 0 aromatic heterocycles. The van der Waals surface area contributed by atoms with Crippen molar-refractivity contribution >= 4 is 53.5 Å². The number of carbonyl (C=O) groups excluding carboxylic acids is 2. The Balaban J connectivity index is 0.00000320. The van der Waals surface area contributed by atoms with E-state index in [4.69, 9.17) is 5.73 Å². The Morgan fingerprint density at radius 3 is 2.50 bits per heavy atom. The monoisotopic (exact) mass is 545 g/mol. The highest BCUT2D eigenvalue weighted by molar-refractivity contribution is 14.0. The molecule has 1 aliphatic heterocycles. The minimum Gasteiger partial charge on any atom is -0.368 e. The number of carbonyl (C=O) groups is 2. The predicted molar refractivity (Wildman–Crippen MR) is 133 cm³/mol. The standard InChI is InChI=1S/C21H31N5O2S.HI/c1-23-20(26-11-12-29-21(15-26)9-3-2-4-10-21)25-13-16-5-7-17(8-6-16)19(28)24-14-18(22)27;/h5-8H,2-4,9-15H2,1H3,(H2,22,27)(H,23,25)(H,24,28);1H. The average molecular weight is 545 g/mol. The number of rotatable bonds is 5. The van der Waals surface area contributed by atoms with Crippen LogP contribution in [0.5, 0.6) is 0 Å². The van der Waals surface area contributed by atoms with Gasteiger partial charge in [0.1, 0.15) is 0 Å². The summed E-state index contributed by atoms with van der Waals surface area (Å²) in [7, 11) is 1.84. The highest BCUT2D eigenvalue weighted by atomic mass is 127. The van der Waals surface area contributed by atoms with E-state index in [1.807, 2.05) is 19.2 Å². The predicted octanol–water partition coefficient (Wildman–Crippen LogP) is 2.35. The summed E-state index contributed by atoms with van der Waals surface area (Å²) in [6.07, 6.45) is 6.67. The van der Waals surface area contributed by atoms with Gasteiger partial charge in [-0.15, -0.1) is 24.0 Å². The Labute approximate surface area is 200 Å². The van der Waals surface area contributed by atoms with Gasteiger partial charge in [0.05, 0.1) is 6.54 Å². The molecule has 1 heterocycles. The van der Waals surface area contributed by atoms with Gasteiger partial charge in [-0.05, 0) is 30.5 Å². The minimum absolute atomic E-state index is 0. The van der Waals surface area contributed by atoms with E-state index in [0.717, 1.165) is 30.4 Å². The third kappa shape index (κ3) is 6.76. The van der Waals surface area contributed by atoms with Crippen molar-refractivity contribution in [3.8, 4) is 0 Å². The van der Waals surface area contributed by atoms with Crippen molar-refractivity contribution in [2.24, 2.45) is 10.7 Å². The first-order chi connectivity index (χ1) is 14.0. The SMILES string of the molecule is CN=C(NCc1ccc(C(=O)NCC(N)=O)cc1)N1CCSC2(CCCCC2)C1.I. The molecule has 1 saturated heterocycles. The van der Waals surface area contributed by atoms with Crippen LogP contribution in [0, 0.1) is 0 Å². The minimum atomic E-state index is -0.559. The second-order valence-electron chi connectivity index (χ2n) is 7.76. The number of primary amides is 1. The molecule has 0 atom stereocenters. The topological polar surface area (TPSA) is 99.8 Å². The van der Waals surface area contributed by atoms with Crippen LogP contribution in [0.15, 0.2) is 29.3 Å². The average Bonchev–Trinajstić information content (AvgIpc) is 2.73. The number of benzene rings is 1. The Kier molecular flexibility index (Phi) is 9.73. The van der Waals surface area contributed by atoms with Gasteiger partial charge in [-0.2, -0.15) is 11.8 Å². The first-order valence-electron chi connectivity index (χ1n) is 10.3. The number of amides is 2. The molecule has 9 heteroatoms. The largest absolute Gasteiger partial charge is 0.368 e. The van der Waals surface area contributed by atoms with E-state index < -0.39 is 5.91 Å². The van der Waals surface area contributed by atoms with Gasteiger partial charge in [-0.25, -0.2) is 0 Å². The van der Waals surface area contributed by atoms with Gasteiger partial charge in [0, 0.05) is 42.7 Å². The van der Waals surface area contributed by atoms with Crippen molar-refractivity contribution in [1.82, 2.24) is 15.5 Å². The summed E-state index contributed by atoms with van der Waals surface area (Å²) < 4.78 is 0.397. The number of nitrogens with zero attached hydrogens (tertiary/aromatic N) is 2. The molecule has 1 aliphatic carbocycles. The molecule has 1 saturated carbocycles. The van der Waals surface area contributed by atoms with Crippen LogP contribution in [0.25, 0.3) is 0 Å². The highest BCUT2D eigenvalue weighted by Crippen LogP contribution is 2.42. The molecule has 2 amide bonds. The Morgan fingerprint density at radius 1 is 1.17 bits per heavy atom. The van der Waals surface area contributed by atoms with Crippen LogP contribution in [0.2, 0.25) is 0 Å². The van der Waals surface area contributed by atoms with Crippen molar-refractivity contribution in [1.29, 1.82) is 0 Å². The lowest BCUT2D eigenvalue weighted by molar-refractivity contribution is -0.117. The number of hydrogen-bond acceptors (Lipinski definition) is 4. The maximum absolute atomic E-state index is 12.0. The van der Waals surface area contributed by atoms with Gasteiger partial charge in [-0.1, -0.05) is 31.4 Å². The summed E-state index contributed by atoms with van der Waals surface area (Å²) in [5.41, 5.74) is 6.62. The molecule has 0 unspecified atom stereocenters. The van der Waals surface area contributed by atoms with Crippen LogP contribution < -0.4 is 16.4 Å². The molecule has 1 spiro atoms. The summed E-state index contributed by atoms with van der Waals surface area (Å²) >= 11 is 2.15. The lowest BCUT2D eigenvalue weighted by Gasteiger charge is -2.45. The zero-order valence-corrected chi connectivity index (χ0v) is 20.6. The van der Waals surface area contributed by atoms with Gasteiger partial charge in [0.15, 0.2) is 5.96 Å². The summed E-state index contributed by atoms with van der Waals surface area (Å²) in [5, 5.41) is 5.96. The molecule has 166 valence electrons. The second kappa shape index (κ2) is 11.8. The molecule has 0 radical (unpaired) electrons. The zero-order valence-electron chi connectivity index (χ0n) is 17.5. The number of hydrogen-bond donors (Lipinski definition) is 3. The van der Waals surface area contributed by atoms with E-state index in [-0.39, 0.29) is 36.4 Å². The quantitative estimate of drug-likeness (QED) is 0.300. The molecule has 2 aliphatic rings. The van der Waals surface area contributed by atoms with E-state index in [2.05, 4.69) is 32.3 Å². The molecule has 0 bridgehead atoms. The highest BCUT2D eigenvalue weighted by Gasteiger charge is 2.38. The van der Waals surface area contributed by atoms with Crippen molar-refractivity contribution in [3.05, 3.63) is 35.4 Å². The number of thioether (sulfide) groups is 1. The van der Waals surface area contributed by atoms with Gasteiger partial charge in [0.25, 0.3) is 5.91 Å². The number of aliphatic imine (C=N–C) groups is 1. The van der Waals surface area contributed by atoms with E-state index in [1.165, 1.54) is 32.1 Å². The molecule has 3 rings (SSSR count). The van der Waals surface area contributed by atoms with Crippen molar-refractivity contribution in [3.63, 3.8) is 0 Å². The lowest BCUT2D eigenvalue weighted by Crippen LogP contribution is -2.53. The van der Waals surface area contributed by atoms with Gasteiger partial charge >= 0.3 is 0 Å². The van der Waals surface area contributed by atoms with E-state index in [9.17, 15) is 9.59 Å². The van der Waals surface area contributed by atoms with Gasteiger partial charge < -0.3 is 21.3 Å². The lowest BCUT2D eigenvalue weighted by atomic mass is 9.87. The fourth-order valence-electron chi connectivity index (χ4n) is 4.08. The molecular formula is C21H32IN5O2S. The fourth-order valence-corrected chi connectivity index (χ4v) is 5.65. The van der Waals surface area contributed by atoms with Gasteiger partial charge in [-0.3, -0.25) is 14.6 Å². The van der Waals surface area contributed by atoms with Crippen LogP contribution in [0.4, 0.5) is 0 Å².